The highest BCUT2D eigenvalue weighted by molar-refractivity contribution is 5.86. The molecule has 7 rings (SSSR count). The fourth-order valence-electron chi connectivity index (χ4n) is 12.9. The van der Waals surface area contributed by atoms with Crippen LogP contribution in [0.15, 0.2) is 23.3 Å². The molecule has 4 bridgehead atoms. The van der Waals surface area contributed by atoms with Gasteiger partial charge in [0, 0.05) is 59.9 Å². The molecule has 268 valence electrons. The number of nitrogens with zero attached hydrogens (tertiary/aromatic N) is 1. The van der Waals surface area contributed by atoms with Crippen LogP contribution in [0.2, 0.25) is 0 Å². The molecular formula is C37H55NO10. The highest BCUT2D eigenvalue weighted by atomic mass is 16.7. The third kappa shape index (κ3) is 4.37. The quantitative estimate of drug-likeness (QED) is 0.205. The van der Waals surface area contributed by atoms with Gasteiger partial charge in [0.25, 0.3) is 0 Å². The summed E-state index contributed by atoms with van der Waals surface area (Å²) in [4.78, 5) is 26.0. The Hall–Kier alpha value is -1.86. The van der Waals surface area contributed by atoms with E-state index in [0.29, 0.717) is 18.8 Å². The van der Waals surface area contributed by atoms with Gasteiger partial charge in [-0.2, -0.15) is 0 Å². The third-order valence-electron chi connectivity index (χ3n) is 15.4. The van der Waals surface area contributed by atoms with Crippen LogP contribution in [0.4, 0.5) is 0 Å². The molecule has 4 aliphatic carbocycles. The monoisotopic (exact) mass is 673 g/mol. The maximum absolute atomic E-state index is 13.0. The SMILES string of the molecule is C/C(=C/C[C@]1(O)CC[C@@]2(C)C3C[C@@H](O)[C@H]4C5[C@@H](CC42O[C@@]31O)[C@@H]1CN2C[C@@H](C)CC[C@H]2[C@H](C)[C@H]1[C@@H](O)[C@@]5(O)C/C=C(/C)C(=O)O)C(=O)O. The van der Waals surface area contributed by atoms with Gasteiger partial charge in [-0.1, -0.05) is 32.9 Å². The topological polar surface area (TPSA) is 188 Å². The van der Waals surface area contributed by atoms with Gasteiger partial charge in [-0.05, 0) is 88.4 Å². The molecule has 3 unspecified atom stereocenters. The van der Waals surface area contributed by atoms with E-state index in [0.717, 1.165) is 25.9 Å². The summed E-state index contributed by atoms with van der Waals surface area (Å²) >= 11 is 0. The van der Waals surface area contributed by atoms with Gasteiger partial charge in [0.2, 0.25) is 0 Å². The summed E-state index contributed by atoms with van der Waals surface area (Å²) in [5.41, 5.74) is -5.26. The van der Waals surface area contributed by atoms with Crippen LogP contribution < -0.4 is 0 Å². The summed E-state index contributed by atoms with van der Waals surface area (Å²) < 4.78 is 6.96. The number of aliphatic hydroxyl groups is 5. The highest BCUT2D eigenvalue weighted by Gasteiger charge is 2.85. The lowest BCUT2D eigenvalue weighted by Gasteiger charge is -2.62. The number of carbonyl (C=O) groups is 2. The molecule has 1 spiro atoms. The number of aliphatic hydroxyl groups excluding tert-OH is 2. The van der Waals surface area contributed by atoms with Gasteiger partial charge < -0.3 is 40.5 Å². The molecule has 0 amide bonds. The van der Waals surface area contributed by atoms with Crippen LogP contribution in [0.3, 0.4) is 0 Å². The van der Waals surface area contributed by atoms with Crippen molar-refractivity contribution in [1.29, 1.82) is 0 Å². The lowest BCUT2D eigenvalue weighted by Crippen LogP contribution is -2.70. The van der Waals surface area contributed by atoms with Gasteiger partial charge >= 0.3 is 11.9 Å². The molecule has 7 N–H and O–H groups in total. The van der Waals surface area contributed by atoms with Crippen molar-refractivity contribution in [2.75, 3.05) is 13.1 Å². The number of rotatable bonds is 6. The number of piperidine rings is 2. The first-order valence-electron chi connectivity index (χ1n) is 18.1. The number of carboxylic acid groups (broad SMARTS) is 2. The fourth-order valence-corrected chi connectivity index (χ4v) is 12.9. The van der Waals surface area contributed by atoms with Crippen LogP contribution in [0.25, 0.3) is 0 Å². The zero-order valence-electron chi connectivity index (χ0n) is 28.9. The van der Waals surface area contributed by atoms with Gasteiger partial charge in [0.1, 0.15) is 5.60 Å². The Bertz CT molecular complexity index is 1430. The summed E-state index contributed by atoms with van der Waals surface area (Å²) in [6.07, 6.45) is 3.78. The molecule has 0 aromatic rings. The van der Waals surface area contributed by atoms with Crippen molar-refractivity contribution < 1.29 is 50.1 Å². The summed E-state index contributed by atoms with van der Waals surface area (Å²) in [6, 6.07) is 0.267. The zero-order chi connectivity index (χ0) is 34.9. The minimum absolute atomic E-state index is 0.0284. The number of hydrogen-bond donors (Lipinski definition) is 7. The van der Waals surface area contributed by atoms with E-state index in [1.165, 1.54) is 26.0 Å². The van der Waals surface area contributed by atoms with Crippen molar-refractivity contribution in [2.24, 2.45) is 52.8 Å². The summed E-state index contributed by atoms with van der Waals surface area (Å²) in [5, 5.41) is 81.4. The first kappa shape index (κ1) is 34.6. The van der Waals surface area contributed by atoms with Crippen LogP contribution in [0.1, 0.15) is 86.0 Å². The maximum Gasteiger partial charge on any atom is 0.330 e. The average molecular weight is 674 g/mol. The molecule has 7 aliphatic rings. The molecule has 0 radical (unpaired) electrons. The van der Waals surface area contributed by atoms with E-state index in [-0.39, 0.29) is 66.5 Å². The van der Waals surface area contributed by atoms with Gasteiger partial charge in [-0.15, -0.1) is 0 Å². The van der Waals surface area contributed by atoms with E-state index >= 15 is 0 Å². The van der Waals surface area contributed by atoms with Gasteiger partial charge in [0.05, 0.1) is 23.4 Å². The second-order valence-electron chi connectivity index (χ2n) is 17.4. The standard InChI is InChI=1S/C37H55NO10/c1-18-6-7-24-21(4)27-23(17-38(24)16-18)22-15-36-29(28(22)35(46,30(27)40)11-9-20(3)32(43)44)25(39)14-26-33(36,5)12-13-34(45,37(26,47)48-36)10-8-19(2)31(41)42/h8-9,18,21-30,39-40,45-47H,6-7,10-17H2,1-5H3,(H,41,42)(H,43,44)/b19-8-,20-9-/t18-,21-,22-,23-,24-,25+,26?,27+,28?,29-,30+,33-,34-,35+,36?,37-/m0/s1. The maximum atomic E-state index is 13.0. The van der Waals surface area contributed by atoms with Gasteiger partial charge in [-0.25, -0.2) is 9.59 Å². The van der Waals surface area contributed by atoms with E-state index in [1.807, 2.05) is 0 Å². The Morgan fingerprint density at radius 3 is 2.19 bits per heavy atom. The Morgan fingerprint density at radius 2 is 1.54 bits per heavy atom. The van der Waals surface area contributed by atoms with Crippen molar-refractivity contribution in [3.63, 3.8) is 0 Å². The Kier molecular flexibility index (Phi) is 7.97. The number of ether oxygens (including phenoxy) is 1. The number of hydrogen-bond acceptors (Lipinski definition) is 9. The lowest BCUT2D eigenvalue weighted by atomic mass is 9.47. The smallest absolute Gasteiger partial charge is 0.330 e. The van der Waals surface area contributed by atoms with Crippen molar-refractivity contribution in [3.05, 3.63) is 23.3 Å². The molecule has 3 heterocycles. The molecule has 16 atom stereocenters. The van der Waals surface area contributed by atoms with Crippen molar-refractivity contribution in [2.45, 2.75) is 127 Å². The van der Waals surface area contributed by atoms with Gasteiger partial charge in [-0.3, -0.25) is 4.90 Å². The van der Waals surface area contributed by atoms with Crippen molar-refractivity contribution >= 4 is 11.9 Å². The molecule has 48 heavy (non-hydrogen) atoms. The van der Waals surface area contributed by atoms with E-state index in [1.54, 1.807) is 0 Å². The molecular weight excluding hydrogens is 618 g/mol. The third-order valence-corrected chi connectivity index (χ3v) is 15.4. The molecule has 3 aliphatic heterocycles. The highest BCUT2D eigenvalue weighted by Crippen LogP contribution is 2.78. The van der Waals surface area contributed by atoms with Crippen LogP contribution in [0, 0.1) is 52.8 Å². The minimum atomic E-state index is -2.07. The normalized spacial score (nSPS) is 54.6. The average Bonchev–Trinajstić information content (AvgIpc) is 3.41. The van der Waals surface area contributed by atoms with Crippen LogP contribution in [-0.4, -0.2) is 107 Å². The van der Waals surface area contributed by atoms with Crippen LogP contribution >= 0.6 is 0 Å². The molecule has 11 nitrogen and oxygen atoms in total. The Labute approximate surface area is 282 Å². The van der Waals surface area contributed by atoms with Crippen LogP contribution in [-0.2, 0) is 14.3 Å². The van der Waals surface area contributed by atoms with Gasteiger partial charge in [0.15, 0.2) is 5.79 Å². The zero-order valence-corrected chi connectivity index (χ0v) is 28.9. The molecule has 0 aromatic heterocycles. The first-order valence-corrected chi connectivity index (χ1v) is 18.1. The van der Waals surface area contributed by atoms with E-state index < -0.39 is 69.9 Å². The number of carboxylic acids is 2. The second-order valence-corrected chi connectivity index (χ2v) is 17.4. The second kappa shape index (κ2) is 11.1. The van der Waals surface area contributed by atoms with E-state index in [9.17, 15) is 45.3 Å². The summed E-state index contributed by atoms with van der Waals surface area (Å²) in [6.45, 7) is 11.1. The predicted molar refractivity (Wildman–Crippen MR) is 173 cm³/mol. The molecule has 3 saturated heterocycles. The summed E-state index contributed by atoms with van der Waals surface area (Å²) in [5.74, 6) is -6.15. The Morgan fingerprint density at radius 1 is 0.896 bits per heavy atom. The van der Waals surface area contributed by atoms with Crippen LogP contribution in [0.5, 0.6) is 0 Å². The molecule has 0 aromatic carbocycles. The van der Waals surface area contributed by atoms with Crippen molar-refractivity contribution in [1.82, 2.24) is 4.90 Å². The van der Waals surface area contributed by atoms with E-state index in [2.05, 4.69) is 25.7 Å². The number of fused-ring (bicyclic) bond motifs is 5. The largest absolute Gasteiger partial charge is 0.478 e. The minimum Gasteiger partial charge on any atom is -0.478 e. The Balaban J connectivity index is 1.35. The fraction of sp³-hybridized carbons (Fsp3) is 0.838. The van der Waals surface area contributed by atoms with E-state index in [4.69, 9.17) is 4.74 Å². The predicted octanol–water partition coefficient (Wildman–Crippen LogP) is 2.54. The first-order chi connectivity index (χ1) is 22.3. The molecule has 4 saturated carbocycles. The van der Waals surface area contributed by atoms with Crippen molar-refractivity contribution in [3.8, 4) is 0 Å². The number of aliphatic carboxylic acids is 2. The molecule has 7 fully saturated rings. The molecule has 11 heteroatoms. The lowest BCUT2D eigenvalue weighted by molar-refractivity contribution is -0.322. The summed E-state index contributed by atoms with van der Waals surface area (Å²) in [7, 11) is 0.